The first-order valence-electron chi connectivity index (χ1n) is 4.94. The summed E-state index contributed by atoms with van der Waals surface area (Å²) in [5.41, 5.74) is 6.35. The lowest BCUT2D eigenvalue weighted by molar-refractivity contribution is 0.587. The minimum atomic E-state index is -0.778. The van der Waals surface area contributed by atoms with E-state index in [1.54, 1.807) is 0 Å². The van der Waals surface area contributed by atoms with Crippen LogP contribution in [-0.2, 0) is 0 Å². The number of halogens is 4. The number of anilines is 3. The van der Waals surface area contributed by atoms with E-state index in [-0.39, 0.29) is 11.4 Å². The van der Waals surface area contributed by atoms with Crippen LogP contribution in [-0.4, -0.2) is 0 Å². The highest BCUT2D eigenvalue weighted by atomic mass is 127. The molecule has 0 saturated heterocycles. The molecule has 0 aromatic heterocycles. The maximum Gasteiger partial charge on any atom is 0.151 e. The number of benzene rings is 2. The van der Waals surface area contributed by atoms with Crippen LogP contribution in [0.15, 0.2) is 34.8 Å². The Labute approximate surface area is 125 Å². The number of rotatable bonds is 2. The number of hydrogen-bond donors (Lipinski definition) is 2. The van der Waals surface area contributed by atoms with Gasteiger partial charge in [-0.3, -0.25) is 0 Å². The van der Waals surface area contributed by atoms with E-state index in [0.717, 1.165) is 20.2 Å². The molecular formula is C12H8BrF2IN2. The minimum Gasteiger partial charge on any atom is -0.395 e. The summed E-state index contributed by atoms with van der Waals surface area (Å²) in [5, 5.41) is 2.91. The van der Waals surface area contributed by atoms with Gasteiger partial charge in [0.2, 0.25) is 0 Å². The fourth-order valence-corrected chi connectivity index (χ4v) is 2.26. The zero-order chi connectivity index (χ0) is 13.3. The van der Waals surface area contributed by atoms with Crippen LogP contribution in [0.5, 0.6) is 0 Å². The Bertz CT molecular complexity index is 605. The van der Waals surface area contributed by atoms with Crippen molar-refractivity contribution >= 4 is 55.6 Å². The Morgan fingerprint density at radius 2 is 1.83 bits per heavy atom. The zero-order valence-electron chi connectivity index (χ0n) is 8.98. The first-order chi connectivity index (χ1) is 8.47. The van der Waals surface area contributed by atoms with E-state index in [1.165, 1.54) is 0 Å². The molecule has 0 radical (unpaired) electrons. The molecule has 0 aliphatic rings. The van der Waals surface area contributed by atoms with Crippen LogP contribution in [0, 0.1) is 15.2 Å². The molecule has 2 aromatic rings. The molecule has 2 nitrogen and oxygen atoms in total. The number of nitrogens with one attached hydrogen (secondary N) is 1. The van der Waals surface area contributed by atoms with Gasteiger partial charge in [0.05, 0.1) is 17.1 Å². The Morgan fingerprint density at radius 1 is 1.11 bits per heavy atom. The van der Waals surface area contributed by atoms with Crippen LogP contribution in [0.3, 0.4) is 0 Å². The summed E-state index contributed by atoms with van der Waals surface area (Å²) >= 11 is 5.50. The second-order valence-electron chi connectivity index (χ2n) is 3.60. The molecular weight excluding hydrogens is 417 g/mol. The number of nitrogens with two attached hydrogens (primary N) is 1. The standard InChI is InChI=1S/C12H8BrF2IN2/c13-8-2-1-7(16)5-10(8)18-11-4-6(14)3-9(15)12(11)17/h1-5,18H,17H2. The lowest BCUT2D eigenvalue weighted by Gasteiger charge is -2.12. The Balaban J connectivity index is 2.43. The fraction of sp³-hybridized carbons (Fsp3) is 0. The maximum atomic E-state index is 13.3. The molecule has 0 spiro atoms. The highest BCUT2D eigenvalue weighted by molar-refractivity contribution is 14.1. The van der Waals surface area contributed by atoms with E-state index in [1.807, 2.05) is 18.2 Å². The van der Waals surface area contributed by atoms with E-state index in [2.05, 4.69) is 43.8 Å². The lowest BCUT2D eigenvalue weighted by atomic mass is 10.2. The second-order valence-corrected chi connectivity index (χ2v) is 5.70. The molecule has 0 bridgehead atoms. The summed E-state index contributed by atoms with van der Waals surface area (Å²) in [5.74, 6) is -1.45. The topological polar surface area (TPSA) is 38.0 Å². The van der Waals surface area contributed by atoms with Gasteiger partial charge >= 0.3 is 0 Å². The molecule has 0 heterocycles. The van der Waals surface area contributed by atoms with Crippen LogP contribution in [0.25, 0.3) is 0 Å². The van der Waals surface area contributed by atoms with E-state index >= 15 is 0 Å². The largest absolute Gasteiger partial charge is 0.395 e. The summed E-state index contributed by atoms with van der Waals surface area (Å²) in [6.07, 6.45) is 0. The molecule has 2 rings (SSSR count). The SMILES string of the molecule is Nc1c(F)cc(F)cc1Nc1cc(I)ccc1Br. The van der Waals surface area contributed by atoms with Crippen molar-refractivity contribution in [3.05, 3.63) is 50.0 Å². The predicted molar refractivity (Wildman–Crippen MR) is 80.9 cm³/mol. The molecule has 6 heteroatoms. The molecule has 2 aromatic carbocycles. The first kappa shape index (κ1) is 13.5. The monoisotopic (exact) mass is 424 g/mol. The van der Waals surface area contributed by atoms with Crippen molar-refractivity contribution in [1.29, 1.82) is 0 Å². The molecule has 0 aliphatic heterocycles. The highest BCUT2D eigenvalue weighted by Crippen LogP contribution is 2.31. The Hall–Kier alpha value is -0.890. The summed E-state index contributed by atoms with van der Waals surface area (Å²) in [4.78, 5) is 0. The second kappa shape index (κ2) is 5.40. The van der Waals surface area contributed by atoms with Gasteiger partial charge in [-0.1, -0.05) is 0 Å². The number of hydrogen-bond acceptors (Lipinski definition) is 2. The number of nitrogen functional groups attached to an aromatic ring is 1. The molecule has 0 amide bonds. The third kappa shape index (κ3) is 2.92. The fourth-order valence-electron chi connectivity index (χ4n) is 1.43. The first-order valence-corrected chi connectivity index (χ1v) is 6.81. The lowest BCUT2D eigenvalue weighted by Crippen LogP contribution is -2.01. The van der Waals surface area contributed by atoms with Crippen LogP contribution < -0.4 is 11.1 Å². The van der Waals surface area contributed by atoms with E-state index < -0.39 is 11.6 Å². The molecule has 0 fully saturated rings. The zero-order valence-corrected chi connectivity index (χ0v) is 12.7. The predicted octanol–water partition coefficient (Wildman–Crippen LogP) is 4.66. The minimum absolute atomic E-state index is 0.109. The van der Waals surface area contributed by atoms with Gasteiger partial charge in [0, 0.05) is 14.1 Å². The van der Waals surface area contributed by atoms with Gasteiger partial charge in [-0.25, -0.2) is 8.78 Å². The van der Waals surface area contributed by atoms with Crippen molar-refractivity contribution in [2.24, 2.45) is 0 Å². The van der Waals surface area contributed by atoms with Crippen molar-refractivity contribution in [3.63, 3.8) is 0 Å². The summed E-state index contributed by atoms with van der Waals surface area (Å²) in [7, 11) is 0. The summed E-state index contributed by atoms with van der Waals surface area (Å²) in [6, 6.07) is 7.50. The third-order valence-electron chi connectivity index (χ3n) is 2.29. The van der Waals surface area contributed by atoms with Crippen molar-refractivity contribution in [3.8, 4) is 0 Å². The smallest absolute Gasteiger partial charge is 0.151 e. The van der Waals surface area contributed by atoms with Gasteiger partial charge in [-0.05, 0) is 62.8 Å². The molecule has 0 saturated carbocycles. The third-order valence-corrected chi connectivity index (χ3v) is 3.65. The summed E-state index contributed by atoms with van der Waals surface area (Å²) < 4.78 is 28.2. The van der Waals surface area contributed by atoms with Crippen LogP contribution >= 0.6 is 38.5 Å². The van der Waals surface area contributed by atoms with Gasteiger partial charge in [0.15, 0.2) is 5.82 Å². The molecule has 3 N–H and O–H groups in total. The van der Waals surface area contributed by atoms with E-state index in [9.17, 15) is 8.78 Å². The van der Waals surface area contributed by atoms with Crippen LogP contribution in [0.2, 0.25) is 0 Å². The Morgan fingerprint density at radius 3 is 2.56 bits per heavy atom. The van der Waals surface area contributed by atoms with Gasteiger partial charge in [0.25, 0.3) is 0 Å². The highest BCUT2D eigenvalue weighted by Gasteiger charge is 2.10. The molecule has 0 atom stereocenters. The van der Waals surface area contributed by atoms with Gasteiger partial charge in [-0.15, -0.1) is 0 Å². The summed E-state index contributed by atoms with van der Waals surface area (Å²) in [6.45, 7) is 0. The normalized spacial score (nSPS) is 10.4. The van der Waals surface area contributed by atoms with Crippen LogP contribution in [0.1, 0.15) is 0 Å². The van der Waals surface area contributed by atoms with Crippen molar-refractivity contribution in [2.45, 2.75) is 0 Å². The van der Waals surface area contributed by atoms with E-state index in [4.69, 9.17) is 5.73 Å². The van der Waals surface area contributed by atoms with Crippen molar-refractivity contribution in [2.75, 3.05) is 11.1 Å². The quantitative estimate of drug-likeness (QED) is 0.543. The molecule has 0 unspecified atom stereocenters. The van der Waals surface area contributed by atoms with Gasteiger partial charge in [-0.2, -0.15) is 0 Å². The average Bonchev–Trinajstić information content (AvgIpc) is 2.30. The molecule has 94 valence electrons. The Kier molecular flexibility index (Phi) is 4.06. The molecule has 0 aliphatic carbocycles. The molecule has 18 heavy (non-hydrogen) atoms. The van der Waals surface area contributed by atoms with E-state index in [0.29, 0.717) is 5.69 Å². The average molecular weight is 425 g/mol. The maximum absolute atomic E-state index is 13.3. The van der Waals surface area contributed by atoms with Crippen molar-refractivity contribution in [1.82, 2.24) is 0 Å². The van der Waals surface area contributed by atoms with Gasteiger partial charge in [0.1, 0.15) is 5.82 Å². The van der Waals surface area contributed by atoms with Crippen molar-refractivity contribution < 1.29 is 8.78 Å². The van der Waals surface area contributed by atoms with Crippen LogP contribution in [0.4, 0.5) is 25.8 Å². The van der Waals surface area contributed by atoms with Gasteiger partial charge < -0.3 is 11.1 Å².